The summed E-state index contributed by atoms with van der Waals surface area (Å²) in [4.78, 5) is 22.0. The Bertz CT molecular complexity index is 442. The molecular weight excluding hydrogens is 256 g/mol. The van der Waals surface area contributed by atoms with Crippen molar-refractivity contribution in [1.82, 2.24) is 5.32 Å². The van der Waals surface area contributed by atoms with Crippen molar-refractivity contribution in [2.24, 2.45) is 0 Å². The number of rotatable bonds is 7. The Kier molecular flexibility index (Phi) is 6.03. The van der Waals surface area contributed by atoms with E-state index in [4.69, 9.17) is 4.74 Å². The number of carbonyl (C=O) groups excluding carboxylic acids is 1. The van der Waals surface area contributed by atoms with Crippen LogP contribution in [0.1, 0.15) is 11.3 Å². The Morgan fingerprint density at radius 2 is 2.39 bits per heavy atom. The monoisotopic (exact) mass is 270 g/mol. The Hall–Kier alpha value is -1.73. The highest BCUT2D eigenvalue weighted by Crippen LogP contribution is 2.24. The maximum atomic E-state index is 11.4. The van der Waals surface area contributed by atoms with Crippen molar-refractivity contribution in [3.63, 3.8) is 0 Å². The van der Waals surface area contributed by atoms with Gasteiger partial charge in [-0.15, -0.1) is 0 Å². The van der Waals surface area contributed by atoms with E-state index in [1.54, 1.807) is 19.3 Å². The third-order valence-electron chi connectivity index (χ3n) is 2.02. The quantitative estimate of drug-likeness (QED) is 0.354. The first kappa shape index (κ1) is 14.3. The van der Waals surface area contributed by atoms with E-state index in [9.17, 15) is 14.9 Å². The summed E-state index contributed by atoms with van der Waals surface area (Å²) in [7, 11) is 1.60. The third-order valence-corrected chi connectivity index (χ3v) is 3.02. The molecule has 1 rings (SSSR count). The molecule has 0 aromatic carbocycles. The van der Waals surface area contributed by atoms with Gasteiger partial charge in [0.25, 0.3) is 0 Å². The Morgan fingerprint density at radius 1 is 1.61 bits per heavy atom. The molecule has 0 unspecified atom stereocenters. The van der Waals surface area contributed by atoms with Crippen LogP contribution in [-0.2, 0) is 9.53 Å². The zero-order chi connectivity index (χ0) is 13.4. The molecule has 1 N–H and O–H groups in total. The van der Waals surface area contributed by atoms with Crippen LogP contribution in [-0.4, -0.2) is 31.1 Å². The average Bonchev–Trinajstić information content (AvgIpc) is 2.81. The lowest BCUT2D eigenvalue weighted by Gasteiger charge is -2.00. The molecule has 1 aromatic rings. The predicted octanol–water partition coefficient (Wildman–Crippen LogP) is 1.82. The molecule has 0 aliphatic rings. The maximum absolute atomic E-state index is 11.4. The molecule has 0 aliphatic carbocycles. The molecule has 0 fully saturated rings. The molecule has 0 spiro atoms. The van der Waals surface area contributed by atoms with Crippen molar-refractivity contribution in [3.8, 4) is 0 Å². The van der Waals surface area contributed by atoms with Crippen LogP contribution in [0.15, 0.2) is 18.2 Å². The predicted molar refractivity (Wildman–Crippen MR) is 69.5 cm³/mol. The van der Waals surface area contributed by atoms with Crippen molar-refractivity contribution in [1.29, 1.82) is 0 Å². The van der Waals surface area contributed by atoms with Gasteiger partial charge >= 0.3 is 5.00 Å². The van der Waals surface area contributed by atoms with Crippen LogP contribution in [0.2, 0.25) is 0 Å². The summed E-state index contributed by atoms with van der Waals surface area (Å²) >= 11 is 1.03. The first-order valence-electron chi connectivity index (χ1n) is 5.32. The van der Waals surface area contributed by atoms with Gasteiger partial charge in [0.05, 0.1) is 4.92 Å². The smallest absolute Gasteiger partial charge is 0.324 e. The SMILES string of the molecule is COCCCNC(=O)/C=C/c1ccc([N+](=O)[O-])s1. The maximum Gasteiger partial charge on any atom is 0.324 e. The second-order valence-corrected chi connectivity index (χ2v) is 4.50. The van der Waals surface area contributed by atoms with E-state index >= 15 is 0 Å². The van der Waals surface area contributed by atoms with Crippen LogP contribution in [0.3, 0.4) is 0 Å². The number of ether oxygens (including phenoxy) is 1. The van der Waals surface area contributed by atoms with Crippen molar-refractivity contribution in [2.75, 3.05) is 20.3 Å². The van der Waals surface area contributed by atoms with E-state index in [-0.39, 0.29) is 10.9 Å². The number of carbonyl (C=O) groups is 1. The number of amides is 1. The van der Waals surface area contributed by atoms with Crippen molar-refractivity contribution < 1.29 is 14.5 Å². The highest BCUT2D eigenvalue weighted by molar-refractivity contribution is 7.16. The normalized spacial score (nSPS) is 10.7. The fourth-order valence-corrected chi connectivity index (χ4v) is 1.90. The van der Waals surface area contributed by atoms with Crippen LogP contribution in [0.25, 0.3) is 6.08 Å². The summed E-state index contributed by atoms with van der Waals surface area (Å²) in [6.45, 7) is 1.14. The van der Waals surface area contributed by atoms with E-state index in [1.807, 2.05) is 0 Å². The minimum Gasteiger partial charge on any atom is -0.385 e. The lowest BCUT2D eigenvalue weighted by atomic mass is 10.4. The van der Waals surface area contributed by atoms with E-state index in [0.29, 0.717) is 18.0 Å². The molecule has 0 saturated carbocycles. The fraction of sp³-hybridized carbons (Fsp3) is 0.364. The second kappa shape index (κ2) is 7.57. The lowest BCUT2D eigenvalue weighted by Crippen LogP contribution is -2.22. The molecule has 7 heteroatoms. The summed E-state index contributed by atoms with van der Waals surface area (Å²) in [6.07, 6.45) is 3.67. The Morgan fingerprint density at radius 3 is 3.00 bits per heavy atom. The van der Waals surface area contributed by atoms with Crippen LogP contribution in [0.4, 0.5) is 5.00 Å². The van der Waals surface area contributed by atoms with Gasteiger partial charge < -0.3 is 10.1 Å². The highest BCUT2D eigenvalue weighted by Gasteiger charge is 2.07. The van der Waals surface area contributed by atoms with E-state index in [0.717, 1.165) is 17.8 Å². The number of hydrogen-bond donors (Lipinski definition) is 1. The Labute approximate surface area is 108 Å². The van der Waals surface area contributed by atoms with Gasteiger partial charge in [-0.1, -0.05) is 11.3 Å². The number of nitrogens with zero attached hydrogens (tertiary/aromatic N) is 1. The summed E-state index contributed by atoms with van der Waals surface area (Å²) in [5.41, 5.74) is 0. The minimum absolute atomic E-state index is 0.0650. The van der Waals surface area contributed by atoms with E-state index in [2.05, 4.69) is 5.32 Å². The standard InChI is InChI=1S/C11H14N2O4S/c1-17-8-2-7-12-10(14)5-3-9-4-6-11(18-9)13(15)16/h3-6H,2,7-8H2,1H3,(H,12,14)/b5-3+. The van der Waals surface area contributed by atoms with E-state index < -0.39 is 4.92 Å². The zero-order valence-electron chi connectivity index (χ0n) is 9.92. The fourth-order valence-electron chi connectivity index (χ4n) is 1.17. The molecular formula is C11H14N2O4S. The molecule has 98 valence electrons. The summed E-state index contributed by atoms with van der Waals surface area (Å²) in [6, 6.07) is 3.03. The van der Waals surface area contributed by atoms with E-state index in [1.165, 1.54) is 12.1 Å². The van der Waals surface area contributed by atoms with Crippen LogP contribution >= 0.6 is 11.3 Å². The van der Waals surface area contributed by atoms with Gasteiger partial charge in [-0.25, -0.2) is 0 Å². The minimum atomic E-state index is -0.452. The van der Waals surface area contributed by atoms with Gasteiger partial charge in [0, 0.05) is 37.3 Å². The largest absolute Gasteiger partial charge is 0.385 e. The molecule has 1 heterocycles. The van der Waals surface area contributed by atoms with Crippen molar-refractivity contribution in [2.45, 2.75) is 6.42 Å². The zero-order valence-corrected chi connectivity index (χ0v) is 10.7. The highest BCUT2D eigenvalue weighted by atomic mass is 32.1. The number of methoxy groups -OCH3 is 1. The van der Waals surface area contributed by atoms with Crippen molar-refractivity contribution in [3.05, 3.63) is 33.2 Å². The summed E-state index contributed by atoms with van der Waals surface area (Å²) in [5.74, 6) is -0.220. The van der Waals surface area contributed by atoms with Crippen LogP contribution in [0.5, 0.6) is 0 Å². The molecule has 18 heavy (non-hydrogen) atoms. The number of thiophene rings is 1. The number of hydrogen-bond acceptors (Lipinski definition) is 5. The van der Waals surface area contributed by atoms with Crippen molar-refractivity contribution >= 4 is 28.3 Å². The molecule has 1 amide bonds. The third kappa shape index (κ3) is 5.07. The van der Waals surface area contributed by atoms with Gasteiger partial charge in [-0.3, -0.25) is 14.9 Å². The van der Waals surface area contributed by atoms with Crippen LogP contribution in [0, 0.1) is 10.1 Å². The molecule has 0 bridgehead atoms. The van der Waals surface area contributed by atoms with Gasteiger partial charge in [0.2, 0.25) is 5.91 Å². The molecule has 1 aromatic heterocycles. The molecule has 6 nitrogen and oxygen atoms in total. The van der Waals surface area contributed by atoms with Gasteiger partial charge in [0.15, 0.2) is 0 Å². The topological polar surface area (TPSA) is 81.5 Å². The Balaban J connectivity index is 2.38. The molecule has 0 aliphatic heterocycles. The number of nitrogens with one attached hydrogen (secondary N) is 1. The molecule has 0 radical (unpaired) electrons. The number of nitro groups is 1. The van der Waals surface area contributed by atoms with Gasteiger partial charge in [0.1, 0.15) is 0 Å². The second-order valence-electron chi connectivity index (χ2n) is 3.40. The lowest BCUT2D eigenvalue weighted by molar-refractivity contribution is -0.380. The summed E-state index contributed by atoms with van der Waals surface area (Å²) in [5, 5.41) is 13.2. The average molecular weight is 270 g/mol. The first-order chi connectivity index (χ1) is 8.63. The summed E-state index contributed by atoms with van der Waals surface area (Å²) < 4.78 is 4.85. The van der Waals surface area contributed by atoms with Gasteiger partial charge in [-0.05, 0) is 18.6 Å². The first-order valence-corrected chi connectivity index (χ1v) is 6.14. The molecule has 0 atom stereocenters. The van der Waals surface area contributed by atoms with Gasteiger partial charge in [-0.2, -0.15) is 0 Å². The van der Waals surface area contributed by atoms with Crippen LogP contribution < -0.4 is 5.32 Å². The molecule has 0 saturated heterocycles.